The molecular formula is C8H18AuS+. The van der Waals surface area contributed by atoms with E-state index in [1.54, 1.807) is 0 Å². The zero-order valence-corrected chi connectivity index (χ0v) is 10.5. The molecule has 0 aliphatic heterocycles. The maximum absolute atomic E-state index is 4.45. The molecule has 2 heteroatoms. The molecule has 0 saturated heterocycles. The molecule has 0 heterocycles. The summed E-state index contributed by atoms with van der Waals surface area (Å²) in [5.41, 5.74) is 0.408. The number of thiol groups is 1. The molecule has 0 bridgehead atoms. The second-order valence-corrected chi connectivity index (χ2v) is 5.76. The second kappa shape index (κ2) is 4.20. The molecular weight excluding hydrogens is 325 g/mol. The third-order valence-electron chi connectivity index (χ3n) is 0.963. The molecule has 0 N–H and O–H groups in total. The Bertz CT molecular complexity index is 74.4. The van der Waals surface area contributed by atoms with Gasteiger partial charge >= 0.3 is 22.4 Å². The quantitative estimate of drug-likeness (QED) is 0.549. The van der Waals surface area contributed by atoms with Gasteiger partial charge in [0, 0.05) is 4.75 Å². The van der Waals surface area contributed by atoms with Crippen molar-refractivity contribution in [2.75, 3.05) is 0 Å². The van der Waals surface area contributed by atoms with Crippen LogP contribution in [0, 0.1) is 5.41 Å². The van der Waals surface area contributed by atoms with E-state index in [1.807, 2.05) is 0 Å². The third kappa shape index (κ3) is 11.8. The largest absolute Gasteiger partial charge is 1.00 e. The van der Waals surface area contributed by atoms with Gasteiger partial charge in [-0.3, -0.25) is 0 Å². The van der Waals surface area contributed by atoms with E-state index in [1.165, 1.54) is 0 Å². The van der Waals surface area contributed by atoms with Gasteiger partial charge in [0.05, 0.1) is 0 Å². The SMILES string of the molecule is CC(C)(C)CC(C)(C)S.[Au+]. The molecule has 0 saturated carbocycles. The summed E-state index contributed by atoms with van der Waals surface area (Å²) in [5.74, 6) is 0. The van der Waals surface area contributed by atoms with E-state index in [4.69, 9.17) is 0 Å². The summed E-state index contributed by atoms with van der Waals surface area (Å²) in [4.78, 5) is 0. The Labute approximate surface area is 86.1 Å². The fourth-order valence-corrected chi connectivity index (χ4v) is 1.77. The van der Waals surface area contributed by atoms with Crippen molar-refractivity contribution in [3.8, 4) is 0 Å². The van der Waals surface area contributed by atoms with Gasteiger partial charge in [0.15, 0.2) is 0 Å². The summed E-state index contributed by atoms with van der Waals surface area (Å²) in [6.07, 6.45) is 1.16. The van der Waals surface area contributed by atoms with Crippen LogP contribution in [-0.2, 0) is 22.4 Å². The zero-order chi connectivity index (χ0) is 7.71. The van der Waals surface area contributed by atoms with E-state index >= 15 is 0 Å². The fraction of sp³-hybridized carbons (Fsp3) is 1.00. The van der Waals surface area contributed by atoms with Crippen LogP contribution in [-0.4, -0.2) is 4.75 Å². The summed E-state index contributed by atoms with van der Waals surface area (Å²) in [6, 6.07) is 0. The van der Waals surface area contributed by atoms with Gasteiger partial charge in [0.1, 0.15) is 0 Å². The monoisotopic (exact) mass is 343 g/mol. The minimum Gasteiger partial charge on any atom is -0.173 e. The van der Waals surface area contributed by atoms with E-state index in [-0.39, 0.29) is 27.1 Å². The van der Waals surface area contributed by atoms with Crippen molar-refractivity contribution in [2.45, 2.75) is 45.8 Å². The van der Waals surface area contributed by atoms with Crippen molar-refractivity contribution in [1.82, 2.24) is 0 Å². The predicted octanol–water partition coefficient (Wildman–Crippen LogP) is 3.13. The van der Waals surface area contributed by atoms with Crippen molar-refractivity contribution in [3.05, 3.63) is 0 Å². The van der Waals surface area contributed by atoms with Gasteiger partial charge < -0.3 is 0 Å². The van der Waals surface area contributed by atoms with Crippen molar-refractivity contribution < 1.29 is 22.4 Å². The number of hydrogen-bond acceptors (Lipinski definition) is 1. The molecule has 0 rings (SSSR count). The molecule has 0 fully saturated rings. The van der Waals surface area contributed by atoms with Crippen LogP contribution in [0.4, 0.5) is 0 Å². The number of hydrogen-bond donors (Lipinski definition) is 1. The van der Waals surface area contributed by atoms with Crippen molar-refractivity contribution in [2.24, 2.45) is 5.41 Å². The Morgan fingerprint density at radius 3 is 1.30 bits per heavy atom. The van der Waals surface area contributed by atoms with Crippen molar-refractivity contribution >= 4 is 12.6 Å². The summed E-state index contributed by atoms with van der Waals surface area (Å²) in [7, 11) is 0. The van der Waals surface area contributed by atoms with E-state index < -0.39 is 0 Å². The van der Waals surface area contributed by atoms with Gasteiger partial charge in [-0.05, 0) is 11.8 Å². The molecule has 0 amide bonds. The molecule has 66 valence electrons. The molecule has 0 unspecified atom stereocenters. The molecule has 10 heavy (non-hydrogen) atoms. The topological polar surface area (TPSA) is 0 Å². The van der Waals surface area contributed by atoms with Crippen LogP contribution in [0.1, 0.15) is 41.0 Å². The molecule has 0 spiro atoms. The molecule has 0 atom stereocenters. The van der Waals surface area contributed by atoms with Crippen molar-refractivity contribution in [3.63, 3.8) is 0 Å². The van der Waals surface area contributed by atoms with Crippen LogP contribution < -0.4 is 0 Å². The standard InChI is InChI=1S/C8H18S.Au/c1-7(2,3)6-8(4,5)9;/h9H,6H2,1-5H3;/q;+1. The average Bonchev–Trinajstić information content (AvgIpc) is 1.14. The molecule has 0 aromatic rings. The van der Waals surface area contributed by atoms with Crippen LogP contribution in [0.15, 0.2) is 0 Å². The minimum absolute atomic E-state index is 0. The van der Waals surface area contributed by atoms with Gasteiger partial charge in [-0.25, -0.2) is 0 Å². The summed E-state index contributed by atoms with van der Waals surface area (Å²) >= 11 is 4.45. The molecule has 0 aromatic heterocycles. The predicted molar refractivity (Wildman–Crippen MR) is 47.1 cm³/mol. The smallest absolute Gasteiger partial charge is 0.173 e. The molecule has 0 radical (unpaired) electrons. The van der Waals surface area contributed by atoms with Crippen LogP contribution in [0.3, 0.4) is 0 Å². The van der Waals surface area contributed by atoms with E-state index in [0.717, 1.165) is 6.42 Å². The number of rotatable bonds is 1. The summed E-state index contributed by atoms with van der Waals surface area (Å²) in [5, 5.41) is 0. The minimum atomic E-state index is 0. The summed E-state index contributed by atoms with van der Waals surface area (Å²) in [6.45, 7) is 11.0. The first kappa shape index (κ1) is 13.7. The summed E-state index contributed by atoms with van der Waals surface area (Å²) < 4.78 is 0.179. The Balaban J connectivity index is 0. The normalized spacial score (nSPS) is 12.6. The van der Waals surface area contributed by atoms with Crippen LogP contribution in [0.2, 0.25) is 0 Å². The molecule has 0 aliphatic rings. The van der Waals surface area contributed by atoms with Crippen molar-refractivity contribution in [1.29, 1.82) is 0 Å². The fourth-order valence-electron chi connectivity index (χ4n) is 1.30. The Morgan fingerprint density at radius 2 is 1.30 bits per heavy atom. The van der Waals surface area contributed by atoms with Crippen LogP contribution >= 0.6 is 12.6 Å². The first-order valence-corrected chi connectivity index (χ1v) is 3.88. The molecule has 0 aliphatic carbocycles. The maximum atomic E-state index is 4.45. The maximum Gasteiger partial charge on any atom is 1.00 e. The van der Waals surface area contributed by atoms with Crippen LogP contribution in [0.25, 0.3) is 0 Å². The van der Waals surface area contributed by atoms with E-state index in [9.17, 15) is 0 Å². The zero-order valence-electron chi connectivity index (χ0n) is 7.46. The van der Waals surface area contributed by atoms with E-state index in [2.05, 4.69) is 47.2 Å². The van der Waals surface area contributed by atoms with Gasteiger partial charge in [-0.2, -0.15) is 12.6 Å². The molecule has 0 aromatic carbocycles. The third-order valence-corrected chi connectivity index (χ3v) is 1.12. The Morgan fingerprint density at radius 1 is 1.00 bits per heavy atom. The first-order chi connectivity index (χ1) is 3.71. The van der Waals surface area contributed by atoms with Gasteiger partial charge in [0.2, 0.25) is 0 Å². The van der Waals surface area contributed by atoms with E-state index in [0.29, 0.717) is 5.41 Å². The Hall–Kier alpha value is 1.09. The Kier molecular flexibility index (Phi) is 5.74. The van der Waals surface area contributed by atoms with Gasteiger partial charge in [0.25, 0.3) is 0 Å². The van der Waals surface area contributed by atoms with Gasteiger partial charge in [-0.1, -0.05) is 34.6 Å². The second-order valence-electron chi connectivity index (χ2n) is 4.55. The molecule has 0 nitrogen and oxygen atoms in total. The first-order valence-electron chi connectivity index (χ1n) is 3.43. The van der Waals surface area contributed by atoms with Gasteiger partial charge in [-0.15, -0.1) is 0 Å². The van der Waals surface area contributed by atoms with Crippen LogP contribution in [0.5, 0.6) is 0 Å². The average molecular weight is 343 g/mol.